The number of para-hydroxylation sites is 1. The molecule has 0 amide bonds. The summed E-state index contributed by atoms with van der Waals surface area (Å²) in [5.41, 5.74) is 1.63. The van der Waals surface area contributed by atoms with Gasteiger partial charge in [-0.15, -0.1) is 0 Å². The van der Waals surface area contributed by atoms with Gasteiger partial charge in [0.25, 0.3) is 5.89 Å². The van der Waals surface area contributed by atoms with Crippen LogP contribution in [0.25, 0.3) is 11.5 Å². The maximum atomic E-state index is 9.77. The molecule has 1 heterocycles. The van der Waals surface area contributed by atoms with Gasteiger partial charge in [-0.25, -0.2) is 0 Å². The fourth-order valence-electron chi connectivity index (χ4n) is 1.92. The van der Waals surface area contributed by atoms with Crippen LogP contribution in [0.4, 0.5) is 0 Å². The van der Waals surface area contributed by atoms with Crippen LogP contribution in [0.2, 0.25) is 0 Å². The Hall–Kier alpha value is -2.14. The van der Waals surface area contributed by atoms with Gasteiger partial charge in [-0.2, -0.15) is 4.98 Å². The third kappa shape index (κ3) is 2.72. The molecule has 0 unspecified atom stereocenters. The molecule has 0 fully saturated rings. The van der Waals surface area contributed by atoms with E-state index in [0.717, 1.165) is 10.0 Å². The second-order valence-corrected chi connectivity index (χ2v) is 5.26. The number of phenols is 1. The first-order valence-corrected chi connectivity index (χ1v) is 6.87. The summed E-state index contributed by atoms with van der Waals surface area (Å²) < 4.78 is 6.21. The Morgan fingerprint density at radius 2 is 1.95 bits per heavy atom. The molecule has 100 valence electrons. The second-order valence-electron chi connectivity index (χ2n) is 4.34. The van der Waals surface area contributed by atoms with Crippen molar-refractivity contribution < 1.29 is 9.63 Å². The highest BCUT2D eigenvalue weighted by Gasteiger charge is 2.12. The monoisotopic (exact) mass is 330 g/mol. The van der Waals surface area contributed by atoms with E-state index in [4.69, 9.17) is 4.52 Å². The zero-order chi connectivity index (χ0) is 13.9. The molecule has 0 aliphatic rings. The minimum Gasteiger partial charge on any atom is -0.507 e. The molecule has 3 rings (SSSR count). The molecule has 2 aromatic carbocycles. The predicted molar refractivity (Wildman–Crippen MR) is 78.3 cm³/mol. The van der Waals surface area contributed by atoms with Crippen molar-refractivity contribution in [2.75, 3.05) is 0 Å². The lowest BCUT2D eigenvalue weighted by atomic mass is 10.1. The number of hydrogen-bond acceptors (Lipinski definition) is 4. The number of aromatic hydroxyl groups is 1. The van der Waals surface area contributed by atoms with Crippen LogP contribution in [-0.2, 0) is 6.42 Å². The molecule has 4 nitrogen and oxygen atoms in total. The van der Waals surface area contributed by atoms with E-state index < -0.39 is 0 Å². The van der Waals surface area contributed by atoms with Gasteiger partial charge in [0.15, 0.2) is 5.82 Å². The fourth-order valence-corrected chi connectivity index (χ4v) is 2.37. The molecule has 1 N–H and O–H groups in total. The lowest BCUT2D eigenvalue weighted by Gasteiger charge is -1.97. The van der Waals surface area contributed by atoms with E-state index in [1.165, 1.54) is 0 Å². The summed E-state index contributed by atoms with van der Waals surface area (Å²) in [6.07, 6.45) is 0.580. The summed E-state index contributed by atoms with van der Waals surface area (Å²) in [5, 5.41) is 13.7. The SMILES string of the molecule is Oc1ccccc1-c1nc(Cc2cccc(Br)c2)no1. The van der Waals surface area contributed by atoms with Crippen LogP contribution in [0.5, 0.6) is 5.75 Å². The van der Waals surface area contributed by atoms with Crippen LogP contribution in [0, 0.1) is 0 Å². The van der Waals surface area contributed by atoms with Crippen molar-refractivity contribution in [1.82, 2.24) is 10.1 Å². The van der Waals surface area contributed by atoms with Crippen LogP contribution >= 0.6 is 15.9 Å². The fraction of sp³-hybridized carbons (Fsp3) is 0.0667. The largest absolute Gasteiger partial charge is 0.507 e. The molecule has 0 radical (unpaired) electrons. The van der Waals surface area contributed by atoms with Crippen molar-refractivity contribution in [2.24, 2.45) is 0 Å². The molecule has 5 heteroatoms. The van der Waals surface area contributed by atoms with E-state index in [0.29, 0.717) is 23.7 Å². The van der Waals surface area contributed by atoms with Crippen molar-refractivity contribution in [3.05, 3.63) is 64.4 Å². The average molecular weight is 331 g/mol. The van der Waals surface area contributed by atoms with E-state index in [2.05, 4.69) is 26.1 Å². The topological polar surface area (TPSA) is 59.2 Å². The maximum absolute atomic E-state index is 9.77. The van der Waals surface area contributed by atoms with Crippen LogP contribution in [0.1, 0.15) is 11.4 Å². The van der Waals surface area contributed by atoms with Crippen molar-refractivity contribution in [3.63, 3.8) is 0 Å². The van der Waals surface area contributed by atoms with Crippen molar-refractivity contribution in [3.8, 4) is 17.2 Å². The maximum Gasteiger partial charge on any atom is 0.261 e. The van der Waals surface area contributed by atoms with E-state index in [-0.39, 0.29) is 5.75 Å². The molecule has 0 aliphatic carbocycles. The number of aromatic nitrogens is 2. The predicted octanol–water partition coefficient (Wildman–Crippen LogP) is 3.80. The van der Waals surface area contributed by atoms with Gasteiger partial charge in [-0.3, -0.25) is 0 Å². The molecule has 1 aromatic heterocycles. The van der Waals surface area contributed by atoms with Gasteiger partial charge in [0, 0.05) is 10.9 Å². The highest BCUT2D eigenvalue weighted by molar-refractivity contribution is 9.10. The summed E-state index contributed by atoms with van der Waals surface area (Å²) in [5.74, 6) is 1.04. The zero-order valence-corrected chi connectivity index (χ0v) is 12.0. The first kappa shape index (κ1) is 12.9. The summed E-state index contributed by atoms with van der Waals surface area (Å²) in [4.78, 5) is 4.31. The molecule has 0 bridgehead atoms. The normalized spacial score (nSPS) is 10.7. The molecule has 0 spiro atoms. The molecule has 0 saturated heterocycles. The number of rotatable bonds is 3. The molecule has 20 heavy (non-hydrogen) atoms. The first-order chi connectivity index (χ1) is 9.72. The smallest absolute Gasteiger partial charge is 0.261 e. The van der Waals surface area contributed by atoms with Gasteiger partial charge in [-0.05, 0) is 29.8 Å². The Morgan fingerprint density at radius 3 is 2.75 bits per heavy atom. The second kappa shape index (κ2) is 5.46. The van der Waals surface area contributed by atoms with E-state index in [1.54, 1.807) is 18.2 Å². The quantitative estimate of drug-likeness (QED) is 0.793. The third-order valence-corrected chi connectivity index (χ3v) is 3.35. The Bertz CT molecular complexity index is 740. The van der Waals surface area contributed by atoms with Gasteiger partial charge in [0.1, 0.15) is 5.75 Å². The number of benzene rings is 2. The van der Waals surface area contributed by atoms with E-state index in [1.807, 2.05) is 30.3 Å². The lowest BCUT2D eigenvalue weighted by molar-refractivity contribution is 0.418. The number of hydrogen-bond donors (Lipinski definition) is 1. The summed E-state index contributed by atoms with van der Waals surface area (Å²) in [6, 6.07) is 14.8. The molecular formula is C15H11BrN2O2. The highest BCUT2D eigenvalue weighted by Crippen LogP contribution is 2.27. The standard InChI is InChI=1S/C15H11BrN2O2/c16-11-5-3-4-10(8-11)9-14-17-15(20-18-14)12-6-1-2-7-13(12)19/h1-8,19H,9H2. The number of halogens is 1. The lowest BCUT2D eigenvalue weighted by Crippen LogP contribution is -1.90. The third-order valence-electron chi connectivity index (χ3n) is 2.85. The number of nitrogens with zero attached hydrogens (tertiary/aromatic N) is 2. The van der Waals surface area contributed by atoms with E-state index >= 15 is 0 Å². The molecular weight excluding hydrogens is 320 g/mol. The molecule has 0 atom stereocenters. The molecule has 0 saturated carbocycles. The highest BCUT2D eigenvalue weighted by atomic mass is 79.9. The minimum atomic E-state index is 0.130. The first-order valence-electron chi connectivity index (χ1n) is 6.08. The average Bonchev–Trinajstić information content (AvgIpc) is 2.87. The van der Waals surface area contributed by atoms with Gasteiger partial charge in [-0.1, -0.05) is 45.4 Å². The van der Waals surface area contributed by atoms with Crippen LogP contribution in [-0.4, -0.2) is 15.2 Å². The van der Waals surface area contributed by atoms with Gasteiger partial charge in [0.05, 0.1) is 5.56 Å². The molecule has 0 aliphatic heterocycles. The summed E-state index contributed by atoms with van der Waals surface area (Å²) >= 11 is 3.43. The molecule has 3 aromatic rings. The van der Waals surface area contributed by atoms with Crippen LogP contribution in [0.3, 0.4) is 0 Å². The van der Waals surface area contributed by atoms with Gasteiger partial charge in [0.2, 0.25) is 0 Å². The van der Waals surface area contributed by atoms with Gasteiger partial charge >= 0.3 is 0 Å². The zero-order valence-electron chi connectivity index (χ0n) is 10.5. The van der Waals surface area contributed by atoms with E-state index in [9.17, 15) is 5.11 Å². The van der Waals surface area contributed by atoms with Crippen molar-refractivity contribution in [2.45, 2.75) is 6.42 Å². The summed E-state index contributed by atoms with van der Waals surface area (Å²) in [7, 11) is 0. The van der Waals surface area contributed by atoms with Crippen molar-refractivity contribution in [1.29, 1.82) is 0 Å². The van der Waals surface area contributed by atoms with Gasteiger partial charge < -0.3 is 9.63 Å². The van der Waals surface area contributed by atoms with Crippen LogP contribution < -0.4 is 0 Å². The van der Waals surface area contributed by atoms with Crippen molar-refractivity contribution >= 4 is 15.9 Å². The summed E-state index contributed by atoms with van der Waals surface area (Å²) in [6.45, 7) is 0. The Labute approximate surface area is 124 Å². The minimum absolute atomic E-state index is 0.130. The Balaban J connectivity index is 1.86. The Morgan fingerprint density at radius 1 is 1.10 bits per heavy atom. The number of phenolic OH excluding ortho intramolecular Hbond substituents is 1. The Kier molecular flexibility index (Phi) is 3.52. The van der Waals surface area contributed by atoms with Crippen LogP contribution in [0.15, 0.2) is 57.5 Å².